The predicted molar refractivity (Wildman–Crippen MR) is 72.6 cm³/mol. The van der Waals surface area contributed by atoms with Crippen molar-refractivity contribution in [3.05, 3.63) is 18.0 Å². The van der Waals surface area contributed by atoms with Crippen LogP contribution in [-0.4, -0.2) is 34.3 Å². The Kier molecular flexibility index (Phi) is 4.53. The van der Waals surface area contributed by atoms with Gasteiger partial charge in [0.25, 0.3) is 0 Å². The summed E-state index contributed by atoms with van der Waals surface area (Å²) in [6, 6.07) is 0.408. The molecule has 100 valence electrons. The van der Waals surface area contributed by atoms with Crippen molar-refractivity contribution in [1.82, 2.24) is 9.97 Å². The van der Waals surface area contributed by atoms with E-state index in [4.69, 9.17) is 5.11 Å². The molecule has 1 saturated heterocycles. The highest BCUT2D eigenvalue weighted by Crippen LogP contribution is 2.24. The van der Waals surface area contributed by atoms with E-state index in [1.54, 1.807) is 0 Å². The first-order valence-electron chi connectivity index (χ1n) is 6.89. The molecule has 1 aromatic heterocycles. The van der Waals surface area contributed by atoms with E-state index in [9.17, 15) is 0 Å². The van der Waals surface area contributed by atoms with Crippen molar-refractivity contribution in [3.8, 4) is 0 Å². The number of hydrogen-bond acceptors (Lipinski definition) is 4. The quantitative estimate of drug-likeness (QED) is 0.867. The Morgan fingerprint density at radius 3 is 2.72 bits per heavy atom. The SMILES string of the molecule is CC(C)Cc1cnc(N2CCCC2CCO)nc1. The van der Waals surface area contributed by atoms with Crippen LogP contribution in [0.5, 0.6) is 0 Å². The number of hydrogen-bond donors (Lipinski definition) is 1. The molecule has 1 aliphatic rings. The van der Waals surface area contributed by atoms with Crippen LogP contribution in [0.4, 0.5) is 5.95 Å². The Morgan fingerprint density at radius 1 is 1.39 bits per heavy atom. The summed E-state index contributed by atoms with van der Waals surface area (Å²) >= 11 is 0. The Bertz CT molecular complexity index is 364. The number of nitrogens with zero attached hydrogens (tertiary/aromatic N) is 3. The first-order chi connectivity index (χ1) is 8.70. The third-order valence-corrected chi connectivity index (χ3v) is 3.43. The zero-order valence-electron chi connectivity index (χ0n) is 11.3. The normalized spacial score (nSPS) is 19.8. The monoisotopic (exact) mass is 249 g/mol. The summed E-state index contributed by atoms with van der Waals surface area (Å²) in [4.78, 5) is 11.2. The summed E-state index contributed by atoms with van der Waals surface area (Å²) in [6.07, 6.45) is 8.03. The predicted octanol–water partition coefficient (Wildman–Crippen LogP) is 2.03. The van der Waals surface area contributed by atoms with E-state index in [2.05, 4.69) is 28.7 Å². The van der Waals surface area contributed by atoms with Gasteiger partial charge in [0, 0.05) is 31.6 Å². The molecular formula is C14H23N3O. The van der Waals surface area contributed by atoms with E-state index in [1.165, 1.54) is 12.0 Å². The smallest absolute Gasteiger partial charge is 0.225 e. The summed E-state index contributed by atoms with van der Waals surface area (Å²) in [5, 5.41) is 9.07. The van der Waals surface area contributed by atoms with Gasteiger partial charge in [0.05, 0.1) is 0 Å². The summed E-state index contributed by atoms with van der Waals surface area (Å²) in [7, 11) is 0. The highest BCUT2D eigenvalue weighted by atomic mass is 16.3. The molecule has 4 heteroatoms. The molecule has 18 heavy (non-hydrogen) atoms. The van der Waals surface area contributed by atoms with Gasteiger partial charge in [-0.15, -0.1) is 0 Å². The molecule has 0 saturated carbocycles. The summed E-state index contributed by atoms with van der Waals surface area (Å²) in [6.45, 7) is 5.65. The summed E-state index contributed by atoms with van der Waals surface area (Å²) in [5.74, 6) is 1.45. The molecule has 0 amide bonds. The first-order valence-corrected chi connectivity index (χ1v) is 6.89. The van der Waals surface area contributed by atoms with E-state index in [0.717, 1.165) is 31.8 Å². The molecule has 0 radical (unpaired) electrons. The van der Waals surface area contributed by atoms with Gasteiger partial charge in [0.2, 0.25) is 5.95 Å². The van der Waals surface area contributed by atoms with Crippen LogP contribution in [0, 0.1) is 5.92 Å². The lowest BCUT2D eigenvalue weighted by atomic mass is 10.1. The maximum absolute atomic E-state index is 9.07. The molecule has 1 aromatic rings. The average Bonchev–Trinajstić information content (AvgIpc) is 2.78. The van der Waals surface area contributed by atoms with Crippen LogP contribution < -0.4 is 4.90 Å². The highest BCUT2D eigenvalue weighted by Gasteiger charge is 2.25. The second kappa shape index (κ2) is 6.14. The topological polar surface area (TPSA) is 49.2 Å². The highest BCUT2D eigenvalue weighted by molar-refractivity contribution is 5.33. The average molecular weight is 249 g/mol. The lowest BCUT2D eigenvalue weighted by molar-refractivity contribution is 0.275. The van der Waals surface area contributed by atoms with Gasteiger partial charge in [0.1, 0.15) is 0 Å². The van der Waals surface area contributed by atoms with Gasteiger partial charge in [0.15, 0.2) is 0 Å². The number of aliphatic hydroxyl groups excluding tert-OH is 1. The van der Waals surface area contributed by atoms with Gasteiger partial charge in [-0.25, -0.2) is 9.97 Å². The Balaban J connectivity index is 2.04. The minimum atomic E-state index is 0.243. The van der Waals surface area contributed by atoms with Gasteiger partial charge >= 0.3 is 0 Å². The lowest BCUT2D eigenvalue weighted by Gasteiger charge is -2.24. The fourth-order valence-electron chi connectivity index (χ4n) is 2.62. The molecule has 0 aromatic carbocycles. The molecule has 1 aliphatic heterocycles. The van der Waals surface area contributed by atoms with Crippen molar-refractivity contribution in [3.63, 3.8) is 0 Å². The second-order valence-corrected chi connectivity index (χ2v) is 5.49. The Hall–Kier alpha value is -1.16. The van der Waals surface area contributed by atoms with Crippen molar-refractivity contribution >= 4 is 5.95 Å². The van der Waals surface area contributed by atoms with Crippen LogP contribution in [0.1, 0.15) is 38.7 Å². The van der Waals surface area contributed by atoms with Gasteiger partial charge in [-0.2, -0.15) is 0 Å². The van der Waals surface area contributed by atoms with Crippen molar-refractivity contribution in [2.75, 3.05) is 18.1 Å². The molecule has 0 spiro atoms. The number of aromatic nitrogens is 2. The maximum Gasteiger partial charge on any atom is 0.225 e. The van der Waals surface area contributed by atoms with E-state index < -0.39 is 0 Å². The fraction of sp³-hybridized carbons (Fsp3) is 0.714. The summed E-state index contributed by atoms with van der Waals surface area (Å²) < 4.78 is 0. The largest absolute Gasteiger partial charge is 0.396 e. The zero-order chi connectivity index (χ0) is 13.0. The number of rotatable bonds is 5. The third-order valence-electron chi connectivity index (χ3n) is 3.43. The van der Waals surface area contributed by atoms with E-state index in [1.807, 2.05) is 12.4 Å². The molecule has 2 heterocycles. The lowest BCUT2D eigenvalue weighted by Crippen LogP contribution is -2.31. The van der Waals surface area contributed by atoms with Crippen LogP contribution in [0.25, 0.3) is 0 Å². The van der Waals surface area contributed by atoms with Gasteiger partial charge < -0.3 is 10.0 Å². The second-order valence-electron chi connectivity index (χ2n) is 5.49. The van der Waals surface area contributed by atoms with Gasteiger partial charge in [-0.05, 0) is 37.2 Å². The minimum absolute atomic E-state index is 0.243. The number of aliphatic hydroxyl groups is 1. The van der Waals surface area contributed by atoms with Gasteiger partial charge in [-0.3, -0.25) is 0 Å². The van der Waals surface area contributed by atoms with E-state index in [0.29, 0.717) is 12.0 Å². The van der Waals surface area contributed by atoms with E-state index >= 15 is 0 Å². The van der Waals surface area contributed by atoms with Crippen LogP contribution in [0.2, 0.25) is 0 Å². The van der Waals surface area contributed by atoms with E-state index in [-0.39, 0.29) is 6.61 Å². The number of anilines is 1. The molecule has 0 bridgehead atoms. The molecule has 2 rings (SSSR count). The van der Waals surface area contributed by atoms with Crippen LogP contribution >= 0.6 is 0 Å². The van der Waals surface area contributed by atoms with Crippen LogP contribution in [-0.2, 0) is 6.42 Å². The van der Waals surface area contributed by atoms with Crippen LogP contribution in [0.3, 0.4) is 0 Å². The van der Waals surface area contributed by atoms with Crippen molar-refractivity contribution in [1.29, 1.82) is 0 Å². The fourth-order valence-corrected chi connectivity index (χ4v) is 2.62. The standard InChI is InChI=1S/C14H23N3O/c1-11(2)8-12-9-15-14(16-10-12)17-6-3-4-13(17)5-7-18/h9-11,13,18H,3-8H2,1-2H3. The zero-order valence-corrected chi connectivity index (χ0v) is 11.3. The van der Waals surface area contributed by atoms with Gasteiger partial charge in [-0.1, -0.05) is 13.8 Å². The Morgan fingerprint density at radius 2 is 2.11 bits per heavy atom. The summed E-state index contributed by atoms with van der Waals surface area (Å²) in [5.41, 5.74) is 1.20. The van der Waals surface area contributed by atoms with Crippen molar-refractivity contribution < 1.29 is 5.11 Å². The Labute approximate surface area is 109 Å². The molecule has 1 N–H and O–H groups in total. The molecular weight excluding hydrogens is 226 g/mol. The van der Waals surface area contributed by atoms with Crippen LogP contribution in [0.15, 0.2) is 12.4 Å². The first kappa shape index (κ1) is 13.3. The molecule has 1 fully saturated rings. The molecule has 0 aliphatic carbocycles. The molecule has 1 unspecified atom stereocenters. The maximum atomic E-state index is 9.07. The minimum Gasteiger partial charge on any atom is -0.396 e. The third kappa shape index (κ3) is 3.19. The van der Waals surface area contributed by atoms with Crippen molar-refractivity contribution in [2.45, 2.75) is 45.6 Å². The molecule has 1 atom stereocenters. The van der Waals surface area contributed by atoms with Crippen molar-refractivity contribution in [2.24, 2.45) is 5.92 Å². The molecule has 4 nitrogen and oxygen atoms in total.